The van der Waals surface area contributed by atoms with Crippen LogP contribution in [0.15, 0.2) is 47.4 Å². The van der Waals surface area contributed by atoms with Crippen LogP contribution >= 0.6 is 0 Å². The Morgan fingerprint density at radius 3 is 2.38 bits per heavy atom. The molecule has 1 amide bonds. The van der Waals surface area contributed by atoms with Crippen molar-refractivity contribution >= 4 is 21.6 Å². The van der Waals surface area contributed by atoms with Crippen molar-refractivity contribution in [1.82, 2.24) is 4.47 Å². The fourth-order valence-corrected chi connectivity index (χ4v) is 2.92. The highest BCUT2D eigenvalue weighted by atomic mass is 32.2. The maximum Gasteiger partial charge on any atom is 0.264 e. The molecule has 0 unspecified atom stereocenters. The SMILES string of the molecule is CON(C)S(=O)(=O)c1ccc(C(=O)Nc2cc(F)ccc2C)cc1. The molecule has 2 rings (SSSR count). The third kappa shape index (κ3) is 3.78. The Hall–Kier alpha value is -2.29. The lowest BCUT2D eigenvalue weighted by Crippen LogP contribution is -2.25. The smallest absolute Gasteiger partial charge is 0.264 e. The molecule has 0 saturated carbocycles. The summed E-state index contributed by atoms with van der Waals surface area (Å²) in [5.74, 6) is -0.923. The molecule has 0 aliphatic heterocycles. The lowest BCUT2D eigenvalue weighted by atomic mass is 10.1. The molecule has 1 N–H and O–H groups in total. The van der Waals surface area contributed by atoms with Gasteiger partial charge in [-0.05, 0) is 48.9 Å². The first kappa shape index (κ1) is 18.1. The number of benzene rings is 2. The molecule has 0 spiro atoms. The molecule has 0 bridgehead atoms. The lowest BCUT2D eigenvalue weighted by molar-refractivity contribution is -0.0258. The zero-order chi connectivity index (χ0) is 17.9. The number of carbonyl (C=O) groups is 1. The van der Waals surface area contributed by atoms with E-state index < -0.39 is 21.7 Å². The number of rotatable bonds is 5. The minimum absolute atomic E-state index is 0.00895. The average molecular weight is 352 g/mol. The second-order valence-corrected chi connectivity index (χ2v) is 6.97. The van der Waals surface area contributed by atoms with Crippen molar-refractivity contribution < 1.29 is 22.4 Å². The van der Waals surface area contributed by atoms with Crippen LogP contribution in [0.5, 0.6) is 0 Å². The van der Waals surface area contributed by atoms with Crippen LogP contribution in [-0.4, -0.2) is 33.0 Å². The van der Waals surface area contributed by atoms with Crippen molar-refractivity contribution in [3.8, 4) is 0 Å². The molecule has 0 aliphatic carbocycles. The van der Waals surface area contributed by atoms with Crippen LogP contribution in [0.3, 0.4) is 0 Å². The van der Waals surface area contributed by atoms with Gasteiger partial charge in [-0.3, -0.25) is 9.63 Å². The summed E-state index contributed by atoms with van der Waals surface area (Å²) >= 11 is 0. The van der Waals surface area contributed by atoms with Gasteiger partial charge in [-0.25, -0.2) is 12.8 Å². The van der Waals surface area contributed by atoms with E-state index in [0.29, 0.717) is 11.3 Å². The summed E-state index contributed by atoms with van der Waals surface area (Å²) in [4.78, 5) is 16.9. The Balaban J connectivity index is 2.22. The van der Waals surface area contributed by atoms with Crippen molar-refractivity contribution in [1.29, 1.82) is 0 Å². The molecule has 8 heteroatoms. The van der Waals surface area contributed by atoms with Crippen molar-refractivity contribution in [2.45, 2.75) is 11.8 Å². The molecule has 0 aliphatic rings. The van der Waals surface area contributed by atoms with Crippen LogP contribution in [0.1, 0.15) is 15.9 Å². The first-order valence-corrected chi connectivity index (χ1v) is 8.40. The number of hydroxylamine groups is 1. The number of amides is 1. The molecule has 0 heterocycles. The Morgan fingerprint density at radius 2 is 1.79 bits per heavy atom. The Kier molecular flexibility index (Phi) is 5.33. The summed E-state index contributed by atoms with van der Waals surface area (Å²) < 4.78 is 38.1. The van der Waals surface area contributed by atoms with Gasteiger partial charge >= 0.3 is 0 Å². The number of nitrogens with zero attached hydrogens (tertiary/aromatic N) is 1. The number of nitrogens with one attached hydrogen (secondary N) is 1. The van der Waals surface area contributed by atoms with Gasteiger partial charge in [-0.15, -0.1) is 0 Å². The van der Waals surface area contributed by atoms with E-state index in [0.717, 1.165) is 4.47 Å². The van der Waals surface area contributed by atoms with Gasteiger partial charge < -0.3 is 5.32 Å². The molecular formula is C16H17FN2O4S. The standard InChI is InChI=1S/C16H17FN2O4S/c1-11-4-7-13(17)10-15(11)18-16(20)12-5-8-14(9-6-12)24(21,22)19(2)23-3/h4-10H,1-3H3,(H,18,20). The number of carbonyl (C=O) groups excluding carboxylic acids is 1. The van der Waals surface area contributed by atoms with E-state index in [1.165, 1.54) is 50.6 Å². The van der Waals surface area contributed by atoms with Crippen molar-refractivity contribution in [3.05, 3.63) is 59.4 Å². The summed E-state index contributed by atoms with van der Waals surface area (Å²) in [5, 5.41) is 2.60. The van der Waals surface area contributed by atoms with Crippen LogP contribution in [0.4, 0.5) is 10.1 Å². The summed E-state index contributed by atoms with van der Waals surface area (Å²) in [6.45, 7) is 1.74. The average Bonchev–Trinajstić information content (AvgIpc) is 2.57. The molecule has 0 aromatic heterocycles. The topological polar surface area (TPSA) is 75.7 Å². The Labute approximate surface area is 139 Å². The Bertz CT molecular complexity index is 851. The zero-order valence-electron chi connectivity index (χ0n) is 13.4. The molecular weight excluding hydrogens is 335 g/mol. The number of aryl methyl sites for hydroxylation is 1. The summed E-state index contributed by atoms with van der Waals surface area (Å²) in [6.07, 6.45) is 0. The van der Waals surface area contributed by atoms with E-state index in [4.69, 9.17) is 0 Å². The van der Waals surface area contributed by atoms with Gasteiger partial charge in [0.2, 0.25) is 0 Å². The van der Waals surface area contributed by atoms with Gasteiger partial charge in [0.1, 0.15) is 5.82 Å². The second kappa shape index (κ2) is 7.08. The quantitative estimate of drug-likeness (QED) is 0.839. The molecule has 128 valence electrons. The predicted octanol–water partition coefficient (Wildman–Crippen LogP) is 2.57. The van der Waals surface area contributed by atoms with E-state index in [9.17, 15) is 17.6 Å². The minimum atomic E-state index is -3.77. The molecule has 2 aromatic carbocycles. The van der Waals surface area contributed by atoms with Gasteiger partial charge in [0.05, 0.1) is 12.0 Å². The van der Waals surface area contributed by atoms with Gasteiger partial charge in [0.15, 0.2) is 0 Å². The van der Waals surface area contributed by atoms with Crippen LogP contribution in [0, 0.1) is 12.7 Å². The van der Waals surface area contributed by atoms with Gasteiger partial charge in [-0.1, -0.05) is 10.5 Å². The first-order valence-electron chi connectivity index (χ1n) is 6.96. The number of anilines is 1. The van der Waals surface area contributed by atoms with E-state index in [1.807, 2.05) is 0 Å². The summed E-state index contributed by atoms with van der Waals surface area (Å²) in [5.41, 5.74) is 1.32. The molecule has 2 aromatic rings. The molecule has 0 atom stereocenters. The van der Waals surface area contributed by atoms with E-state index in [2.05, 4.69) is 10.2 Å². The van der Waals surface area contributed by atoms with Crippen molar-refractivity contribution in [2.75, 3.05) is 19.5 Å². The largest absolute Gasteiger partial charge is 0.322 e. The molecule has 0 saturated heterocycles. The first-order chi connectivity index (χ1) is 11.3. The summed E-state index contributed by atoms with van der Waals surface area (Å²) in [6, 6.07) is 9.44. The third-order valence-electron chi connectivity index (χ3n) is 3.46. The normalized spacial score (nSPS) is 11.5. The highest BCUT2D eigenvalue weighted by Gasteiger charge is 2.21. The van der Waals surface area contributed by atoms with Crippen molar-refractivity contribution in [2.24, 2.45) is 0 Å². The van der Waals surface area contributed by atoms with E-state index in [1.54, 1.807) is 13.0 Å². The molecule has 6 nitrogen and oxygen atoms in total. The number of hydrogen-bond donors (Lipinski definition) is 1. The van der Waals surface area contributed by atoms with Crippen LogP contribution in [0.25, 0.3) is 0 Å². The van der Waals surface area contributed by atoms with Crippen LogP contribution in [-0.2, 0) is 14.9 Å². The fourth-order valence-electron chi connectivity index (χ4n) is 1.95. The molecule has 0 fully saturated rings. The maximum atomic E-state index is 13.3. The van der Waals surface area contributed by atoms with Gasteiger partial charge in [-0.2, -0.15) is 0 Å². The van der Waals surface area contributed by atoms with E-state index in [-0.39, 0.29) is 10.5 Å². The van der Waals surface area contributed by atoms with Gasteiger partial charge in [0, 0.05) is 18.3 Å². The highest BCUT2D eigenvalue weighted by Crippen LogP contribution is 2.19. The van der Waals surface area contributed by atoms with Crippen LogP contribution in [0.2, 0.25) is 0 Å². The predicted molar refractivity (Wildman–Crippen MR) is 87.5 cm³/mol. The van der Waals surface area contributed by atoms with Crippen LogP contribution < -0.4 is 5.32 Å². The third-order valence-corrected chi connectivity index (χ3v) is 5.15. The zero-order valence-corrected chi connectivity index (χ0v) is 14.2. The number of hydrogen-bond acceptors (Lipinski definition) is 4. The summed E-state index contributed by atoms with van der Waals surface area (Å²) in [7, 11) is -1.27. The second-order valence-electron chi connectivity index (χ2n) is 5.04. The maximum absolute atomic E-state index is 13.3. The lowest BCUT2D eigenvalue weighted by Gasteiger charge is -2.14. The number of halogens is 1. The highest BCUT2D eigenvalue weighted by molar-refractivity contribution is 7.89. The number of sulfonamides is 1. The van der Waals surface area contributed by atoms with Crippen molar-refractivity contribution in [3.63, 3.8) is 0 Å². The minimum Gasteiger partial charge on any atom is -0.322 e. The monoisotopic (exact) mass is 352 g/mol. The van der Waals surface area contributed by atoms with E-state index >= 15 is 0 Å². The van der Waals surface area contributed by atoms with Gasteiger partial charge in [0.25, 0.3) is 15.9 Å². The fraction of sp³-hybridized carbons (Fsp3) is 0.188. The molecule has 0 radical (unpaired) electrons. The Morgan fingerprint density at radius 1 is 1.17 bits per heavy atom. The molecule has 24 heavy (non-hydrogen) atoms.